The maximum atomic E-state index is 13.2. The molecule has 4 N–H and O–H groups in total. The first kappa shape index (κ1) is 16.1. The average molecular weight is 353 g/mol. The fourth-order valence-electron chi connectivity index (χ4n) is 2.19. The molecule has 3 aromatic rings. The van der Waals surface area contributed by atoms with E-state index < -0.39 is 23.7 Å². The van der Waals surface area contributed by atoms with Gasteiger partial charge in [-0.25, -0.2) is 15.0 Å². The summed E-state index contributed by atoms with van der Waals surface area (Å²) in [5.41, 5.74) is 9.97. The van der Waals surface area contributed by atoms with Gasteiger partial charge in [0.2, 0.25) is 11.9 Å². The Bertz CT molecular complexity index is 938. The smallest absolute Gasteiger partial charge is 0.369 e. The quantitative estimate of drug-likeness (QED) is 0.752. The second-order valence-electron chi connectivity index (χ2n) is 4.92. The molecular formula is C14H10F3N5OS. The first-order valence-corrected chi connectivity index (χ1v) is 7.43. The number of aromatic nitrogens is 3. The fraction of sp³-hybridized carbons (Fsp3) is 0.143. The van der Waals surface area contributed by atoms with Gasteiger partial charge in [0.05, 0.1) is 16.6 Å². The van der Waals surface area contributed by atoms with Crippen LogP contribution in [-0.2, 0) is 17.4 Å². The molecular weight excluding hydrogens is 343 g/mol. The van der Waals surface area contributed by atoms with Gasteiger partial charge in [-0.15, -0.1) is 11.3 Å². The number of nitrogens with two attached hydrogens (primary N) is 2. The molecule has 0 spiro atoms. The molecule has 2 aromatic heterocycles. The van der Waals surface area contributed by atoms with E-state index in [1.165, 1.54) is 17.4 Å². The summed E-state index contributed by atoms with van der Waals surface area (Å²) in [7, 11) is 0. The van der Waals surface area contributed by atoms with Gasteiger partial charge < -0.3 is 11.5 Å². The van der Waals surface area contributed by atoms with Crippen LogP contribution in [0.1, 0.15) is 10.7 Å². The van der Waals surface area contributed by atoms with Crippen LogP contribution in [0.4, 0.5) is 19.1 Å². The Morgan fingerprint density at radius 1 is 1.25 bits per heavy atom. The van der Waals surface area contributed by atoms with Crippen LogP contribution in [0.5, 0.6) is 0 Å². The normalized spacial score (nSPS) is 11.8. The van der Waals surface area contributed by atoms with Gasteiger partial charge in [-0.05, 0) is 17.7 Å². The van der Waals surface area contributed by atoms with Crippen molar-refractivity contribution in [1.82, 2.24) is 15.0 Å². The highest BCUT2D eigenvalue weighted by atomic mass is 32.1. The number of fused-ring (bicyclic) bond motifs is 1. The maximum Gasteiger partial charge on any atom is 0.434 e. The summed E-state index contributed by atoms with van der Waals surface area (Å²) >= 11 is 1.19. The van der Waals surface area contributed by atoms with Crippen molar-refractivity contribution in [2.45, 2.75) is 12.6 Å². The Balaban J connectivity index is 2.11. The lowest BCUT2D eigenvalue weighted by Crippen LogP contribution is -2.13. The minimum atomic E-state index is -4.66. The molecule has 0 radical (unpaired) electrons. The van der Waals surface area contributed by atoms with Gasteiger partial charge in [-0.1, -0.05) is 6.07 Å². The van der Waals surface area contributed by atoms with E-state index in [4.69, 9.17) is 11.5 Å². The molecule has 1 amide bonds. The number of nitrogen functional groups attached to an aromatic ring is 1. The number of nitrogens with zero attached hydrogens (tertiary/aromatic N) is 3. The van der Waals surface area contributed by atoms with Gasteiger partial charge in [0.1, 0.15) is 5.01 Å². The summed E-state index contributed by atoms with van der Waals surface area (Å²) in [5, 5.41) is 0.499. The van der Waals surface area contributed by atoms with Crippen LogP contribution in [-0.4, -0.2) is 20.9 Å². The fourth-order valence-corrected chi connectivity index (χ4v) is 3.20. The number of amides is 1. The third-order valence-electron chi connectivity index (χ3n) is 3.15. The standard InChI is InChI=1S/C14H10F3N5OS/c15-14(16,17)12-7(5-20-13(19)22-12)6-1-2-8-9(3-6)24-11(21-8)4-10(18)23/h1-3,5H,4H2,(H2,18,23)(H2,19,20,22). The topological polar surface area (TPSA) is 108 Å². The highest BCUT2D eigenvalue weighted by molar-refractivity contribution is 7.18. The predicted octanol–water partition coefficient (Wildman–Crippen LogP) is 2.38. The van der Waals surface area contributed by atoms with Crippen LogP contribution in [0.3, 0.4) is 0 Å². The maximum absolute atomic E-state index is 13.2. The molecule has 6 nitrogen and oxygen atoms in total. The molecule has 0 fully saturated rings. The molecule has 10 heteroatoms. The van der Waals surface area contributed by atoms with E-state index in [0.717, 1.165) is 6.20 Å². The second-order valence-corrected chi connectivity index (χ2v) is 6.04. The molecule has 24 heavy (non-hydrogen) atoms. The Kier molecular flexibility index (Phi) is 3.84. The van der Waals surface area contributed by atoms with E-state index in [1.54, 1.807) is 12.1 Å². The highest BCUT2D eigenvalue weighted by Gasteiger charge is 2.36. The largest absolute Gasteiger partial charge is 0.434 e. The molecule has 3 rings (SSSR count). The number of hydrogen-bond acceptors (Lipinski definition) is 6. The molecule has 0 saturated carbocycles. The summed E-state index contributed by atoms with van der Waals surface area (Å²) in [6.45, 7) is 0. The number of carbonyl (C=O) groups is 1. The third-order valence-corrected chi connectivity index (χ3v) is 4.16. The van der Waals surface area contributed by atoms with Crippen molar-refractivity contribution in [1.29, 1.82) is 0 Å². The summed E-state index contributed by atoms with van der Waals surface area (Å²) in [6.07, 6.45) is -3.64. The predicted molar refractivity (Wildman–Crippen MR) is 83.0 cm³/mol. The Labute approximate surface area is 137 Å². The zero-order valence-electron chi connectivity index (χ0n) is 12.0. The van der Waals surface area contributed by atoms with E-state index in [0.29, 0.717) is 15.2 Å². The molecule has 0 bridgehead atoms. The molecule has 0 aliphatic rings. The number of benzene rings is 1. The number of halogens is 3. The van der Waals surface area contributed by atoms with Crippen molar-refractivity contribution >= 4 is 33.4 Å². The van der Waals surface area contributed by atoms with Crippen LogP contribution in [0.15, 0.2) is 24.4 Å². The van der Waals surface area contributed by atoms with E-state index in [9.17, 15) is 18.0 Å². The number of carbonyl (C=O) groups excluding carboxylic acids is 1. The number of alkyl halides is 3. The van der Waals surface area contributed by atoms with E-state index >= 15 is 0 Å². The van der Waals surface area contributed by atoms with Crippen LogP contribution < -0.4 is 11.5 Å². The number of anilines is 1. The van der Waals surface area contributed by atoms with Crippen LogP contribution in [0.2, 0.25) is 0 Å². The van der Waals surface area contributed by atoms with Gasteiger partial charge in [-0.3, -0.25) is 4.79 Å². The first-order chi connectivity index (χ1) is 11.2. The van der Waals surface area contributed by atoms with Crippen molar-refractivity contribution < 1.29 is 18.0 Å². The summed E-state index contributed by atoms with van der Waals surface area (Å²) in [4.78, 5) is 22.1. The molecule has 2 heterocycles. The summed E-state index contributed by atoms with van der Waals surface area (Å²) < 4.78 is 40.1. The molecule has 0 aliphatic carbocycles. The van der Waals surface area contributed by atoms with Crippen LogP contribution in [0, 0.1) is 0 Å². The number of rotatable bonds is 3. The SMILES string of the molecule is NC(=O)Cc1nc2ccc(-c3cnc(N)nc3C(F)(F)F)cc2s1. The summed E-state index contributed by atoms with van der Waals surface area (Å²) in [6, 6.07) is 4.60. The highest BCUT2D eigenvalue weighted by Crippen LogP contribution is 2.37. The van der Waals surface area contributed by atoms with Gasteiger partial charge in [0.25, 0.3) is 0 Å². The molecule has 1 aromatic carbocycles. The van der Waals surface area contributed by atoms with Gasteiger partial charge in [0, 0.05) is 11.8 Å². The van der Waals surface area contributed by atoms with E-state index in [-0.39, 0.29) is 17.5 Å². The summed E-state index contributed by atoms with van der Waals surface area (Å²) in [5.74, 6) is -0.978. The van der Waals surface area contributed by atoms with E-state index in [1.807, 2.05) is 0 Å². The molecule has 0 atom stereocenters. The minimum Gasteiger partial charge on any atom is -0.369 e. The van der Waals surface area contributed by atoms with E-state index in [2.05, 4.69) is 15.0 Å². The van der Waals surface area contributed by atoms with Crippen molar-refractivity contribution in [2.75, 3.05) is 5.73 Å². The number of primary amides is 1. The zero-order valence-corrected chi connectivity index (χ0v) is 12.8. The average Bonchev–Trinajstić information content (AvgIpc) is 2.86. The van der Waals surface area contributed by atoms with Crippen LogP contribution in [0.25, 0.3) is 21.3 Å². The molecule has 0 saturated heterocycles. The lowest BCUT2D eigenvalue weighted by atomic mass is 10.1. The molecule has 0 unspecified atom stereocenters. The molecule has 124 valence electrons. The Hall–Kier alpha value is -2.75. The van der Waals surface area contributed by atoms with Gasteiger partial charge >= 0.3 is 6.18 Å². The number of thiazole rings is 1. The van der Waals surface area contributed by atoms with Crippen molar-refractivity contribution in [3.05, 3.63) is 35.1 Å². The monoisotopic (exact) mass is 353 g/mol. The zero-order chi connectivity index (χ0) is 17.5. The lowest BCUT2D eigenvalue weighted by molar-refractivity contribution is -0.140. The molecule has 0 aliphatic heterocycles. The minimum absolute atomic E-state index is 0.0204. The Morgan fingerprint density at radius 2 is 2.00 bits per heavy atom. The lowest BCUT2D eigenvalue weighted by Gasteiger charge is -2.11. The number of hydrogen-bond donors (Lipinski definition) is 2. The van der Waals surface area contributed by atoms with Crippen molar-refractivity contribution in [3.8, 4) is 11.1 Å². The van der Waals surface area contributed by atoms with Gasteiger partial charge in [0.15, 0.2) is 5.69 Å². The Morgan fingerprint density at radius 3 is 2.67 bits per heavy atom. The second kappa shape index (κ2) is 5.71. The third kappa shape index (κ3) is 3.13. The first-order valence-electron chi connectivity index (χ1n) is 6.62. The van der Waals surface area contributed by atoms with Crippen LogP contribution >= 0.6 is 11.3 Å². The van der Waals surface area contributed by atoms with Gasteiger partial charge in [-0.2, -0.15) is 13.2 Å². The van der Waals surface area contributed by atoms with Crippen molar-refractivity contribution in [3.63, 3.8) is 0 Å². The van der Waals surface area contributed by atoms with Crippen molar-refractivity contribution in [2.24, 2.45) is 5.73 Å².